The van der Waals surface area contributed by atoms with Gasteiger partial charge < -0.3 is 4.90 Å². The van der Waals surface area contributed by atoms with E-state index >= 15 is 0 Å². The molecule has 142 valence electrons. The van der Waals surface area contributed by atoms with Crippen molar-refractivity contribution >= 4 is 5.69 Å². The van der Waals surface area contributed by atoms with E-state index in [0.29, 0.717) is 12.0 Å². The molecule has 2 fully saturated rings. The first-order valence-electron chi connectivity index (χ1n) is 11.3. The van der Waals surface area contributed by atoms with Crippen molar-refractivity contribution in [1.29, 1.82) is 0 Å². The van der Waals surface area contributed by atoms with Crippen LogP contribution in [0.15, 0.2) is 48.5 Å². The summed E-state index contributed by atoms with van der Waals surface area (Å²) in [4.78, 5) is 4.92. The highest BCUT2D eigenvalue weighted by atomic mass is 15.5. The van der Waals surface area contributed by atoms with Crippen LogP contribution in [0.3, 0.4) is 0 Å². The summed E-state index contributed by atoms with van der Waals surface area (Å²) in [5.74, 6) is 0.643. The first-order chi connectivity index (χ1) is 13.5. The number of hydrogen-bond donors (Lipinski definition) is 0. The average molecular weight is 362 g/mol. The van der Waals surface area contributed by atoms with Gasteiger partial charge >= 0.3 is 0 Å². The Morgan fingerprint density at radius 1 is 1.00 bits per heavy atom. The molecular formula is C25H32N2. The molecule has 2 heterocycles. The molecule has 0 aromatic heterocycles. The molecule has 0 amide bonds. The molecule has 0 spiro atoms. The second-order valence-corrected chi connectivity index (χ2v) is 8.97. The topological polar surface area (TPSA) is 6.48 Å². The van der Waals surface area contributed by atoms with Crippen LogP contribution in [0.1, 0.15) is 70.1 Å². The molecule has 27 heavy (non-hydrogen) atoms. The van der Waals surface area contributed by atoms with E-state index in [1.165, 1.54) is 54.5 Å². The predicted octanol–water partition coefficient (Wildman–Crippen LogP) is 6.01. The van der Waals surface area contributed by atoms with Gasteiger partial charge in [-0.25, -0.2) is 0 Å². The fourth-order valence-electron chi connectivity index (χ4n) is 6.10. The van der Waals surface area contributed by atoms with E-state index < -0.39 is 0 Å². The van der Waals surface area contributed by atoms with Crippen molar-refractivity contribution in [1.82, 2.24) is 4.90 Å². The van der Waals surface area contributed by atoms with Gasteiger partial charge in [-0.3, -0.25) is 4.90 Å². The molecule has 1 saturated heterocycles. The smallest absolute Gasteiger partial charge is 0.0724 e. The summed E-state index contributed by atoms with van der Waals surface area (Å²) in [7, 11) is 0. The fraction of sp³-hybridized carbons (Fsp3) is 0.520. The minimum absolute atomic E-state index is 0.0419. The average Bonchev–Trinajstić information content (AvgIpc) is 3.15. The predicted molar refractivity (Wildman–Crippen MR) is 113 cm³/mol. The molecule has 3 unspecified atom stereocenters. The van der Waals surface area contributed by atoms with Gasteiger partial charge in [-0.1, -0.05) is 61.7 Å². The maximum atomic E-state index is 9.38. The Bertz CT molecular complexity index is 874. The van der Waals surface area contributed by atoms with Gasteiger partial charge in [-0.05, 0) is 62.3 Å². The van der Waals surface area contributed by atoms with Crippen molar-refractivity contribution in [3.63, 3.8) is 0 Å². The highest BCUT2D eigenvalue weighted by Gasteiger charge is 2.56. The van der Waals surface area contributed by atoms with Crippen LogP contribution < -0.4 is 4.90 Å². The molecule has 1 saturated carbocycles. The Labute approximate surface area is 165 Å². The number of fused-ring (bicyclic) bond motifs is 3. The molecule has 2 nitrogen and oxygen atoms in total. The van der Waals surface area contributed by atoms with Gasteiger partial charge in [-0.15, -0.1) is 0 Å². The molecule has 2 heteroatoms. The van der Waals surface area contributed by atoms with E-state index in [9.17, 15) is 1.37 Å². The monoisotopic (exact) mass is 361 g/mol. The van der Waals surface area contributed by atoms with Crippen LogP contribution in [-0.2, 0) is 5.54 Å². The van der Waals surface area contributed by atoms with E-state index in [1.54, 1.807) is 0 Å². The lowest BCUT2D eigenvalue weighted by Gasteiger charge is -2.44. The van der Waals surface area contributed by atoms with Gasteiger partial charge in [0.15, 0.2) is 0 Å². The number of anilines is 1. The van der Waals surface area contributed by atoms with E-state index in [-0.39, 0.29) is 18.2 Å². The number of rotatable bonds is 2. The van der Waals surface area contributed by atoms with Crippen molar-refractivity contribution in [2.75, 3.05) is 11.5 Å². The Balaban J connectivity index is 1.64. The zero-order chi connectivity index (χ0) is 19.5. The number of nitrogens with zero attached hydrogens (tertiary/aromatic N) is 2. The molecule has 2 aromatic carbocycles. The summed E-state index contributed by atoms with van der Waals surface area (Å²) in [6.45, 7) is 6.59. The zero-order valence-electron chi connectivity index (χ0n) is 17.9. The Morgan fingerprint density at radius 3 is 2.48 bits per heavy atom. The molecule has 0 radical (unpaired) electrons. The maximum absolute atomic E-state index is 9.38. The quantitative estimate of drug-likeness (QED) is 0.646. The molecule has 0 N–H and O–H groups in total. The van der Waals surface area contributed by atoms with Gasteiger partial charge in [0.25, 0.3) is 0 Å². The molecule has 2 aliphatic heterocycles. The molecule has 4 atom stereocenters. The normalized spacial score (nSPS) is 34.4. The number of hydrogen-bond acceptors (Lipinski definition) is 2. The summed E-state index contributed by atoms with van der Waals surface area (Å²) in [5, 5.41) is 0. The molecule has 2 aromatic rings. The zero-order valence-corrected chi connectivity index (χ0v) is 16.9. The van der Waals surface area contributed by atoms with Crippen molar-refractivity contribution in [3.05, 3.63) is 65.2 Å². The first-order valence-corrected chi connectivity index (χ1v) is 10.7. The Hall–Kier alpha value is -1.80. The molecular weight excluding hydrogens is 328 g/mol. The van der Waals surface area contributed by atoms with Crippen molar-refractivity contribution in [2.24, 2.45) is 5.92 Å². The summed E-state index contributed by atoms with van der Waals surface area (Å²) in [6.07, 6.45) is 6.62. The Morgan fingerprint density at radius 2 is 1.70 bits per heavy atom. The van der Waals surface area contributed by atoms with Crippen LogP contribution in [0.25, 0.3) is 0 Å². The molecule has 0 bridgehead atoms. The largest absolute Gasteiger partial charge is 0.354 e. The number of benzene rings is 2. The number of aryl methyl sites for hydroxylation is 1. The van der Waals surface area contributed by atoms with Crippen molar-refractivity contribution < 1.29 is 1.37 Å². The fourth-order valence-corrected chi connectivity index (χ4v) is 6.10. The molecule has 3 aliphatic rings. The SMILES string of the molecule is [2H]C1N(c2ccccc2C)[C@@H](C)C2c3ccccc3C(C)(C3CCCCC3)N21. The van der Waals surface area contributed by atoms with Crippen LogP contribution in [-0.4, -0.2) is 17.6 Å². The highest BCUT2D eigenvalue weighted by molar-refractivity contribution is 5.57. The van der Waals surface area contributed by atoms with Gasteiger partial charge in [0.05, 0.1) is 14.1 Å². The minimum Gasteiger partial charge on any atom is -0.354 e. The Kier molecular flexibility index (Phi) is 3.82. The van der Waals surface area contributed by atoms with Crippen LogP contribution in [0.5, 0.6) is 0 Å². The maximum Gasteiger partial charge on any atom is 0.0724 e. The van der Waals surface area contributed by atoms with Crippen LogP contribution in [0, 0.1) is 12.8 Å². The molecule has 5 rings (SSSR count). The number of para-hydroxylation sites is 1. The van der Waals surface area contributed by atoms with E-state index in [2.05, 4.69) is 79.1 Å². The summed E-state index contributed by atoms with van der Waals surface area (Å²) >= 11 is 0. The lowest BCUT2D eigenvalue weighted by Crippen LogP contribution is -2.46. The van der Waals surface area contributed by atoms with Gasteiger partial charge in [-0.2, -0.15) is 0 Å². The third-order valence-electron chi connectivity index (χ3n) is 7.60. The van der Waals surface area contributed by atoms with Gasteiger partial charge in [0, 0.05) is 17.3 Å². The van der Waals surface area contributed by atoms with E-state index in [1.807, 2.05) is 0 Å². The minimum atomic E-state index is -0.347. The van der Waals surface area contributed by atoms with Gasteiger partial charge in [0.1, 0.15) is 0 Å². The second kappa shape index (κ2) is 6.38. The standard InChI is InChI=1S/C25H32N2/c1-18-11-7-10-16-23(18)26-17-27-24(19(26)2)21-14-8-9-15-22(21)25(27,3)20-12-5-4-6-13-20/h7-11,14-16,19-20,24H,4-6,12-13,17H2,1-3H3/t19-,24?,25?/m0/s1/i17D/t17?,19-,24?,25?. The summed E-state index contributed by atoms with van der Waals surface area (Å²) in [6, 6.07) is 18.2. The second-order valence-electron chi connectivity index (χ2n) is 8.97. The van der Waals surface area contributed by atoms with E-state index in [0.717, 1.165) is 0 Å². The third-order valence-corrected chi connectivity index (χ3v) is 7.60. The summed E-state index contributed by atoms with van der Waals surface area (Å²) < 4.78 is 9.38. The van der Waals surface area contributed by atoms with E-state index in [4.69, 9.17) is 0 Å². The van der Waals surface area contributed by atoms with Crippen molar-refractivity contribution in [2.45, 2.75) is 70.5 Å². The van der Waals surface area contributed by atoms with Crippen molar-refractivity contribution in [3.8, 4) is 0 Å². The van der Waals surface area contributed by atoms with Crippen LogP contribution >= 0.6 is 0 Å². The van der Waals surface area contributed by atoms with Crippen LogP contribution in [0.4, 0.5) is 5.69 Å². The lowest BCUT2D eigenvalue weighted by atomic mass is 9.72. The lowest BCUT2D eigenvalue weighted by molar-refractivity contribution is 0.0352. The first kappa shape index (κ1) is 16.2. The highest BCUT2D eigenvalue weighted by Crippen LogP contribution is 2.57. The molecule has 1 aliphatic carbocycles. The third kappa shape index (κ3) is 2.42. The summed E-state index contributed by atoms with van der Waals surface area (Å²) in [5.41, 5.74) is 5.38. The van der Waals surface area contributed by atoms with Crippen LogP contribution in [0.2, 0.25) is 0 Å². The van der Waals surface area contributed by atoms with Gasteiger partial charge in [0.2, 0.25) is 0 Å².